The Morgan fingerprint density at radius 3 is 2.88 bits per heavy atom. The molecule has 0 atom stereocenters. The van der Waals surface area contributed by atoms with E-state index < -0.39 is 5.91 Å². The zero-order chi connectivity index (χ0) is 17.6. The first-order chi connectivity index (χ1) is 12.2. The maximum absolute atomic E-state index is 11.1. The fraction of sp³-hybridized carbons (Fsp3) is 0.500. The predicted molar refractivity (Wildman–Crippen MR) is 92.0 cm³/mol. The summed E-state index contributed by atoms with van der Waals surface area (Å²) in [5, 5.41) is 10.2. The van der Waals surface area contributed by atoms with Crippen LogP contribution >= 0.6 is 0 Å². The monoisotopic (exact) mass is 345 g/mol. The van der Waals surface area contributed by atoms with Crippen molar-refractivity contribution < 1.29 is 9.21 Å². The van der Waals surface area contributed by atoms with E-state index in [1.54, 1.807) is 18.5 Å². The highest BCUT2D eigenvalue weighted by Gasteiger charge is 2.24. The molecular weight excluding hydrogens is 322 g/mol. The van der Waals surface area contributed by atoms with Crippen molar-refractivity contribution in [3.8, 4) is 0 Å². The number of aromatic nitrogens is 3. The van der Waals surface area contributed by atoms with Crippen molar-refractivity contribution in [2.75, 3.05) is 19.6 Å². The van der Waals surface area contributed by atoms with Crippen LogP contribution in [0.4, 0.5) is 0 Å². The minimum absolute atomic E-state index is 0.156. The summed E-state index contributed by atoms with van der Waals surface area (Å²) in [4.78, 5) is 22.2. The molecule has 1 amide bonds. The number of piperidine rings is 1. The number of hydrogen-bond acceptors (Lipinski definition) is 5. The van der Waals surface area contributed by atoms with Crippen LogP contribution in [0.2, 0.25) is 0 Å². The Balaban J connectivity index is 1.61. The summed E-state index contributed by atoms with van der Waals surface area (Å²) >= 11 is 0. The Labute approximate surface area is 145 Å². The number of likely N-dealkylation sites (tertiary alicyclic amines) is 1. The molecule has 0 aliphatic carbocycles. The first-order valence-corrected chi connectivity index (χ1v) is 8.44. The third kappa shape index (κ3) is 4.17. The number of primary amides is 1. The van der Waals surface area contributed by atoms with Crippen LogP contribution in [0.5, 0.6) is 0 Å². The molecule has 9 nitrogen and oxygen atoms in total. The molecule has 1 aliphatic heterocycles. The van der Waals surface area contributed by atoms with E-state index >= 15 is 0 Å². The summed E-state index contributed by atoms with van der Waals surface area (Å²) < 4.78 is 5.38. The molecule has 0 unspecified atom stereocenters. The Bertz CT molecular complexity index is 715. The van der Waals surface area contributed by atoms with Gasteiger partial charge in [-0.1, -0.05) is 0 Å². The van der Waals surface area contributed by atoms with Crippen LogP contribution in [0.1, 0.15) is 47.8 Å². The third-order valence-corrected chi connectivity index (χ3v) is 4.24. The maximum atomic E-state index is 11.1. The van der Waals surface area contributed by atoms with Gasteiger partial charge in [0.25, 0.3) is 5.91 Å². The molecule has 3 rings (SSSR count). The highest BCUT2D eigenvalue weighted by Crippen LogP contribution is 2.25. The number of hydrogen-bond donors (Lipinski definition) is 3. The van der Waals surface area contributed by atoms with E-state index in [0.717, 1.165) is 44.3 Å². The lowest BCUT2D eigenvalue weighted by Gasteiger charge is -2.33. The number of nitrogens with two attached hydrogens (primary N) is 1. The van der Waals surface area contributed by atoms with Crippen molar-refractivity contribution in [2.24, 2.45) is 10.7 Å². The lowest BCUT2D eigenvalue weighted by molar-refractivity contribution is 0.0972. The first kappa shape index (κ1) is 17.0. The van der Waals surface area contributed by atoms with Crippen molar-refractivity contribution >= 4 is 11.9 Å². The summed E-state index contributed by atoms with van der Waals surface area (Å²) in [5.41, 5.74) is 5.20. The summed E-state index contributed by atoms with van der Waals surface area (Å²) in [7, 11) is 0. The second-order valence-electron chi connectivity index (χ2n) is 5.93. The molecule has 0 spiro atoms. The average molecular weight is 345 g/mol. The summed E-state index contributed by atoms with van der Waals surface area (Å²) in [6.07, 6.45) is 3.54. The molecule has 1 aliphatic rings. The average Bonchev–Trinajstić information content (AvgIpc) is 3.30. The van der Waals surface area contributed by atoms with Gasteiger partial charge in [0.15, 0.2) is 11.7 Å². The Hall–Kier alpha value is -2.84. The zero-order valence-corrected chi connectivity index (χ0v) is 14.2. The number of amides is 1. The second-order valence-corrected chi connectivity index (χ2v) is 5.93. The Morgan fingerprint density at radius 1 is 1.48 bits per heavy atom. The normalized spacial score (nSPS) is 16.2. The summed E-state index contributed by atoms with van der Waals surface area (Å²) in [5.74, 6) is 2.40. The smallest absolute Gasteiger partial charge is 0.284 e. The van der Waals surface area contributed by atoms with E-state index in [9.17, 15) is 4.79 Å². The third-order valence-electron chi connectivity index (χ3n) is 4.24. The van der Waals surface area contributed by atoms with E-state index in [-0.39, 0.29) is 5.76 Å². The number of aliphatic imine (C=N–C) groups is 1. The van der Waals surface area contributed by atoms with E-state index in [4.69, 9.17) is 10.2 Å². The largest absolute Gasteiger partial charge is 0.454 e. The molecular formula is C16H23N7O2. The molecule has 2 aromatic heterocycles. The van der Waals surface area contributed by atoms with Crippen molar-refractivity contribution in [1.82, 2.24) is 25.4 Å². The van der Waals surface area contributed by atoms with Crippen LogP contribution in [0.15, 0.2) is 27.9 Å². The minimum Gasteiger partial charge on any atom is -0.454 e. The number of H-pyrrole nitrogens is 1. The maximum Gasteiger partial charge on any atom is 0.284 e. The van der Waals surface area contributed by atoms with E-state index in [1.807, 2.05) is 6.92 Å². The number of carbonyl (C=O) groups excluding carboxylic acids is 1. The molecule has 0 radical (unpaired) electrons. The number of nitrogens with zero attached hydrogens (tertiary/aromatic N) is 4. The molecule has 0 bridgehead atoms. The fourth-order valence-corrected chi connectivity index (χ4v) is 2.95. The lowest BCUT2D eigenvalue weighted by atomic mass is 9.96. The number of aromatic amines is 1. The molecule has 2 aromatic rings. The van der Waals surface area contributed by atoms with Crippen molar-refractivity contribution in [1.29, 1.82) is 0 Å². The number of guanidine groups is 1. The highest BCUT2D eigenvalue weighted by molar-refractivity contribution is 5.89. The standard InChI is InChI=1S/C16H23N7O2/c1-2-18-16(19-9-12-3-4-13(25-12)14(17)24)23-7-5-11(6-8-23)15-20-10-21-22-15/h3-4,10-11H,2,5-9H2,1H3,(H2,17,24)(H,18,19)(H,20,21,22). The second kappa shape index (κ2) is 7.82. The molecule has 134 valence electrons. The topological polar surface area (TPSA) is 125 Å². The molecule has 1 saturated heterocycles. The zero-order valence-electron chi connectivity index (χ0n) is 14.2. The van der Waals surface area contributed by atoms with Crippen LogP contribution in [-0.4, -0.2) is 51.6 Å². The van der Waals surface area contributed by atoms with Crippen LogP contribution in [0.3, 0.4) is 0 Å². The SMILES string of the molecule is CCNC(=NCc1ccc(C(N)=O)o1)N1CCC(c2ncn[nH]2)CC1. The highest BCUT2D eigenvalue weighted by atomic mass is 16.3. The van der Waals surface area contributed by atoms with E-state index in [1.165, 1.54) is 0 Å². The Kier molecular flexibility index (Phi) is 5.32. The number of furan rings is 1. The van der Waals surface area contributed by atoms with Gasteiger partial charge in [-0.05, 0) is 31.9 Å². The van der Waals surface area contributed by atoms with Gasteiger partial charge >= 0.3 is 0 Å². The molecule has 9 heteroatoms. The summed E-state index contributed by atoms with van der Waals surface area (Å²) in [6, 6.07) is 3.30. The van der Waals surface area contributed by atoms with Crippen LogP contribution in [-0.2, 0) is 6.54 Å². The van der Waals surface area contributed by atoms with Gasteiger partial charge < -0.3 is 20.4 Å². The molecule has 3 heterocycles. The van der Waals surface area contributed by atoms with E-state index in [0.29, 0.717) is 18.2 Å². The van der Waals surface area contributed by atoms with Crippen molar-refractivity contribution in [2.45, 2.75) is 32.2 Å². The van der Waals surface area contributed by atoms with Crippen molar-refractivity contribution in [3.05, 3.63) is 35.8 Å². The first-order valence-electron chi connectivity index (χ1n) is 8.44. The quantitative estimate of drug-likeness (QED) is 0.545. The van der Waals surface area contributed by atoms with Gasteiger partial charge in [-0.2, -0.15) is 5.10 Å². The predicted octanol–water partition coefficient (Wildman–Crippen LogP) is 0.842. The number of carbonyl (C=O) groups is 1. The molecule has 0 saturated carbocycles. The summed E-state index contributed by atoms with van der Waals surface area (Å²) in [6.45, 7) is 4.96. The van der Waals surface area contributed by atoms with E-state index in [2.05, 4.69) is 30.4 Å². The molecule has 4 N–H and O–H groups in total. The molecule has 0 aromatic carbocycles. The fourth-order valence-electron chi connectivity index (χ4n) is 2.95. The number of rotatable bonds is 5. The van der Waals surface area contributed by atoms with Gasteiger partial charge in [-0.25, -0.2) is 9.98 Å². The lowest BCUT2D eigenvalue weighted by Crippen LogP contribution is -2.45. The minimum atomic E-state index is -0.573. The van der Waals surface area contributed by atoms with Gasteiger partial charge in [0, 0.05) is 25.6 Å². The van der Waals surface area contributed by atoms with Crippen LogP contribution in [0.25, 0.3) is 0 Å². The Morgan fingerprint density at radius 2 is 2.28 bits per heavy atom. The molecule has 25 heavy (non-hydrogen) atoms. The van der Waals surface area contributed by atoms with Gasteiger partial charge in [0.1, 0.15) is 24.5 Å². The van der Waals surface area contributed by atoms with Crippen molar-refractivity contribution in [3.63, 3.8) is 0 Å². The van der Waals surface area contributed by atoms with Crippen LogP contribution < -0.4 is 11.1 Å². The van der Waals surface area contributed by atoms with Gasteiger partial charge in [0.05, 0.1) is 0 Å². The van der Waals surface area contributed by atoms with Gasteiger partial charge in [-0.15, -0.1) is 0 Å². The number of nitrogens with one attached hydrogen (secondary N) is 2. The molecule has 1 fully saturated rings. The van der Waals surface area contributed by atoms with Crippen LogP contribution in [0, 0.1) is 0 Å². The van der Waals surface area contributed by atoms with Gasteiger partial charge in [-0.3, -0.25) is 9.89 Å². The van der Waals surface area contributed by atoms with Gasteiger partial charge in [0.2, 0.25) is 0 Å².